The molecule has 9 heteroatoms. The normalized spacial score (nSPS) is 10.3. The van der Waals surface area contributed by atoms with Crippen LogP contribution in [-0.2, 0) is 0 Å². The minimum atomic E-state index is -0.444. The average Bonchev–Trinajstić information content (AvgIpc) is 3.13. The number of carbonyl (C=O) groups excluding carboxylic acids is 2. The van der Waals surface area contributed by atoms with E-state index in [-0.39, 0.29) is 5.78 Å². The van der Waals surface area contributed by atoms with Crippen molar-refractivity contribution in [1.82, 2.24) is 9.36 Å². The van der Waals surface area contributed by atoms with E-state index < -0.39 is 6.03 Å². The maximum atomic E-state index is 12.1. The number of carbonyl (C=O) groups is 2. The predicted octanol–water partition coefficient (Wildman–Crippen LogP) is 4.56. The number of urea groups is 1. The SMILES string of the molecule is CC(=O)c1cccc(NC(=O)Nc2nc(SCCOc3ccccc3)ns2)c1. The maximum absolute atomic E-state index is 12.1. The van der Waals surface area contributed by atoms with Crippen LogP contribution in [0, 0.1) is 0 Å². The molecule has 0 radical (unpaired) electrons. The largest absolute Gasteiger partial charge is 0.493 e. The summed E-state index contributed by atoms with van der Waals surface area (Å²) in [4.78, 5) is 27.8. The molecule has 1 heterocycles. The van der Waals surface area contributed by atoms with Gasteiger partial charge in [0.25, 0.3) is 0 Å². The Morgan fingerprint density at radius 2 is 1.93 bits per heavy atom. The molecule has 3 aromatic rings. The fourth-order valence-corrected chi connectivity index (χ4v) is 3.56. The van der Waals surface area contributed by atoms with Gasteiger partial charge in [-0.15, -0.1) is 0 Å². The van der Waals surface area contributed by atoms with Crippen molar-refractivity contribution >= 4 is 45.9 Å². The number of para-hydroxylation sites is 1. The molecule has 0 saturated carbocycles. The summed E-state index contributed by atoms with van der Waals surface area (Å²) in [6.45, 7) is 2.01. The van der Waals surface area contributed by atoms with Crippen molar-refractivity contribution in [3.63, 3.8) is 0 Å². The van der Waals surface area contributed by atoms with Crippen LogP contribution < -0.4 is 15.4 Å². The van der Waals surface area contributed by atoms with E-state index in [0.29, 0.717) is 33.9 Å². The molecule has 0 aliphatic heterocycles. The molecule has 0 atom stereocenters. The van der Waals surface area contributed by atoms with Crippen LogP contribution in [0.15, 0.2) is 59.8 Å². The van der Waals surface area contributed by atoms with Crippen molar-refractivity contribution in [2.24, 2.45) is 0 Å². The second-order valence-electron chi connectivity index (χ2n) is 5.61. The lowest BCUT2D eigenvalue weighted by molar-refractivity contribution is 0.101. The molecule has 0 aliphatic rings. The summed E-state index contributed by atoms with van der Waals surface area (Å²) in [5.74, 6) is 1.45. The lowest BCUT2D eigenvalue weighted by Gasteiger charge is -2.06. The number of nitrogens with one attached hydrogen (secondary N) is 2. The first kappa shape index (κ1) is 19.8. The summed E-state index contributed by atoms with van der Waals surface area (Å²) in [6.07, 6.45) is 0. The van der Waals surface area contributed by atoms with Crippen molar-refractivity contribution in [1.29, 1.82) is 0 Å². The molecule has 0 bridgehead atoms. The highest BCUT2D eigenvalue weighted by Crippen LogP contribution is 2.21. The highest BCUT2D eigenvalue weighted by Gasteiger charge is 2.09. The molecular formula is C19H18N4O3S2. The summed E-state index contributed by atoms with van der Waals surface area (Å²) in [6, 6.07) is 15.9. The van der Waals surface area contributed by atoms with Gasteiger partial charge in [-0.2, -0.15) is 9.36 Å². The molecule has 28 heavy (non-hydrogen) atoms. The van der Waals surface area contributed by atoms with Crippen LogP contribution in [0.2, 0.25) is 0 Å². The van der Waals surface area contributed by atoms with Crippen LogP contribution in [0.25, 0.3) is 0 Å². The predicted molar refractivity (Wildman–Crippen MR) is 112 cm³/mol. The van der Waals surface area contributed by atoms with Gasteiger partial charge in [-0.1, -0.05) is 42.1 Å². The number of benzene rings is 2. The van der Waals surface area contributed by atoms with Gasteiger partial charge in [0, 0.05) is 28.5 Å². The van der Waals surface area contributed by atoms with E-state index >= 15 is 0 Å². The number of aromatic nitrogens is 2. The quantitative estimate of drug-likeness (QED) is 0.319. The first-order chi connectivity index (χ1) is 13.6. The Morgan fingerprint density at radius 1 is 1.11 bits per heavy atom. The molecule has 0 saturated heterocycles. The van der Waals surface area contributed by atoms with E-state index in [1.54, 1.807) is 24.3 Å². The van der Waals surface area contributed by atoms with Gasteiger partial charge in [-0.25, -0.2) is 4.79 Å². The maximum Gasteiger partial charge on any atom is 0.325 e. The summed E-state index contributed by atoms with van der Waals surface area (Å²) in [5.41, 5.74) is 1.06. The standard InChI is InChI=1S/C19H18N4O3S2/c1-13(24)14-6-5-7-15(12-14)20-17(25)21-18-22-19(23-28-18)27-11-10-26-16-8-3-2-4-9-16/h2-9,12H,10-11H2,1H3,(H2,20,21,22,23,25). The zero-order valence-corrected chi connectivity index (χ0v) is 16.7. The van der Waals surface area contributed by atoms with E-state index in [2.05, 4.69) is 20.0 Å². The zero-order chi connectivity index (χ0) is 19.8. The van der Waals surface area contributed by atoms with E-state index in [1.165, 1.54) is 18.7 Å². The fraction of sp³-hybridized carbons (Fsp3) is 0.158. The summed E-state index contributed by atoms with van der Waals surface area (Å²) in [7, 11) is 0. The Balaban J connectivity index is 1.44. The second-order valence-corrected chi connectivity index (χ2v) is 7.42. The molecule has 0 spiro atoms. The molecule has 144 valence electrons. The number of thioether (sulfide) groups is 1. The number of Topliss-reactive ketones (excluding diaryl/α,β-unsaturated/α-hetero) is 1. The number of nitrogens with zero attached hydrogens (tertiary/aromatic N) is 2. The van der Waals surface area contributed by atoms with Crippen LogP contribution in [0.4, 0.5) is 15.6 Å². The highest BCUT2D eigenvalue weighted by atomic mass is 32.2. The third-order valence-corrected chi connectivity index (χ3v) is 5.04. The molecule has 2 aromatic carbocycles. The number of hydrogen-bond acceptors (Lipinski definition) is 7. The van der Waals surface area contributed by atoms with Crippen molar-refractivity contribution in [2.45, 2.75) is 12.1 Å². The minimum Gasteiger partial charge on any atom is -0.493 e. The third kappa shape index (κ3) is 6.07. The van der Waals surface area contributed by atoms with Crippen LogP contribution in [0.3, 0.4) is 0 Å². The zero-order valence-electron chi connectivity index (χ0n) is 15.0. The van der Waals surface area contributed by atoms with E-state index in [4.69, 9.17) is 4.74 Å². The lowest BCUT2D eigenvalue weighted by atomic mass is 10.1. The van der Waals surface area contributed by atoms with Gasteiger partial charge in [-0.3, -0.25) is 10.1 Å². The van der Waals surface area contributed by atoms with Crippen molar-refractivity contribution in [2.75, 3.05) is 23.0 Å². The molecule has 1 aromatic heterocycles. The molecule has 0 unspecified atom stereocenters. The number of ether oxygens (including phenoxy) is 1. The average molecular weight is 415 g/mol. The molecule has 3 rings (SSSR count). The number of anilines is 2. The molecule has 0 fully saturated rings. The van der Waals surface area contributed by atoms with E-state index in [1.807, 2.05) is 30.3 Å². The van der Waals surface area contributed by atoms with Gasteiger partial charge in [-0.05, 0) is 31.2 Å². The van der Waals surface area contributed by atoms with Crippen molar-refractivity contribution in [3.8, 4) is 5.75 Å². The van der Waals surface area contributed by atoms with Crippen molar-refractivity contribution in [3.05, 3.63) is 60.2 Å². The summed E-state index contributed by atoms with van der Waals surface area (Å²) in [5, 5.41) is 6.29. The first-order valence-electron chi connectivity index (χ1n) is 8.43. The molecular weight excluding hydrogens is 396 g/mol. The van der Waals surface area contributed by atoms with E-state index in [9.17, 15) is 9.59 Å². The Bertz CT molecular complexity index is 947. The summed E-state index contributed by atoms with van der Waals surface area (Å²) < 4.78 is 9.82. The van der Waals surface area contributed by atoms with Crippen LogP contribution in [0.5, 0.6) is 5.75 Å². The number of rotatable bonds is 8. The molecule has 0 aliphatic carbocycles. The van der Waals surface area contributed by atoms with Crippen LogP contribution >= 0.6 is 23.3 Å². The van der Waals surface area contributed by atoms with Crippen LogP contribution in [-0.4, -0.2) is 33.5 Å². The van der Waals surface area contributed by atoms with Gasteiger partial charge in [0.05, 0.1) is 6.61 Å². The Kier molecular flexibility index (Phi) is 6.99. The Hall–Kier alpha value is -2.91. The van der Waals surface area contributed by atoms with Gasteiger partial charge in [0.1, 0.15) is 5.75 Å². The number of amides is 2. The molecule has 2 amide bonds. The van der Waals surface area contributed by atoms with Crippen LogP contribution in [0.1, 0.15) is 17.3 Å². The first-order valence-corrected chi connectivity index (χ1v) is 10.2. The van der Waals surface area contributed by atoms with Gasteiger partial charge in [0.2, 0.25) is 10.3 Å². The van der Waals surface area contributed by atoms with Crippen molar-refractivity contribution < 1.29 is 14.3 Å². The lowest BCUT2D eigenvalue weighted by Crippen LogP contribution is -2.19. The Labute approximate surface area is 170 Å². The molecule has 2 N–H and O–H groups in total. The Morgan fingerprint density at radius 3 is 2.71 bits per heavy atom. The number of hydrogen-bond donors (Lipinski definition) is 2. The summed E-state index contributed by atoms with van der Waals surface area (Å²) >= 11 is 2.55. The smallest absolute Gasteiger partial charge is 0.325 e. The molecule has 7 nitrogen and oxygen atoms in total. The second kappa shape index (κ2) is 9.86. The topological polar surface area (TPSA) is 93.2 Å². The fourth-order valence-electron chi connectivity index (χ4n) is 2.20. The number of ketones is 1. The third-order valence-electron chi connectivity index (χ3n) is 3.48. The van der Waals surface area contributed by atoms with Gasteiger partial charge >= 0.3 is 6.03 Å². The van der Waals surface area contributed by atoms with E-state index in [0.717, 1.165) is 17.3 Å². The van der Waals surface area contributed by atoms with Gasteiger partial charge in [0.15, 0.2) is 5.78 Å². The monoisotopic (exact) mass is 414 g/mol. The highest BCUT2D eigenvalue weighted by molar-refractivity contribution is 7.99. The minimum absolute atomic E-state index is 0.0638. The van der Waals surface area contributed by atoms with Gasteiger partial charge < -0.3 is 10.1 Å².